The van der Waals surface area contributed by atoms with Crippen LogP contribution >= 0.6 is 0 Å². The second kappa shape index (κ2) is 4.66. The van der Waals surface area contributed by atoms with E-state index in [1.807, 2.05) is 24.3 Å². The van der Waals surface area contributed by atoms with Gasteiger partial charge in [0.15, 0.2) is 5.78 Å². The predicted molar refractivity (Wildman–Crippen MR) is 62.9 cm³/mol. The van der Waals surface area contributed by atoms with E-state index in [1.165, 1.54) is 0 Å². The lowest BCUT2D eigenvalue weighted by atomic mass is 9.97. The third kappa shape index (κ3) is 2.25. The normalized spacial score (nSPS) is 21.0. The van der Waals surface area contributed by atoms with E-state index in [0.29, 0.717) is 0 Å². The van der Waals surface area contributed by atoms with E-state index in [0.717, 1.165) is 30.8 Å². The SMILES string of the molecule is COc1cccc(C(=O)[C@H]2CCN(C)C2)c1. The molecule has 1 aromatic carbocycles. The van der Waals surface area contributed by atoms with E-state index in [9.17, 15) is 4.79 Å². The number of benzene rings is 1. The highest BCUT2D eigenvalue weighted by molar-refractivity contribution is 5.98. The molecule has 1 aliphatic rings. The van der Waals surface area contributed by atoms with Gasteiger partial charge in [-0.05, 0) is 32.1 Å². The van der Waals surface area contributed by atoms with Crippen molar-refractivity contribution in [3.05, 3.63) is 29.8 Å². The van der Waals surface area contributed by atoms with Gasteiger partial charge in [-0.1, -0.05) is 12.1 Å². The van der Waals surface area contributed by atoms with Gasteiger partial charge in [0.2, 0.25) is 0 Å². The van der Waals surface area contributed by atoms with Crippen LogP contribution in [0.15, 0.2) is 24.3 Å². The van der Waals surface area contributed by atoms with Gasteiger partial charge in [0.05, 0.1) is 7.11 Å². The summed E-state index contributed by atoms with van der Waals surface area (Å²) in [6, 6.07) is 7.41. The summed E-state index contributed by atoms with van der Waals surface area (Å²) >= 11 is 0. The fourth-order valence-corrected chi connectivity index (χ4v) is 2.16. The Morgan fingerprint density at radius 1 is 1.50 bits per heavy atom. The molecule has 0 N–H and O–H groups in total. The molecule has 0 radical (unpaired) electrons. The number of ether oxygens (including phenoxy) is 1. The van der Waals surface area contributed by atoms with Crippen molar-refractivity contribution in [1.29, 1.82) is 0 Å². The molecule has 1 atom stereocenters. The first kappa shape index (κ1) is 11.1. The topological polar surface area (TPSA) is 29.5 Å². The minimum Gasteiger partial charge on any atom is -0.497 e. The van der Waals surface area contributed by atoms with E-state index in [2.05, 4.69) is 11.9 Å². The van der Waals surface area contributed by atoms with E-state index in [-0.39, 0.29) is 11.7 Å². The third-order valence-corrected chi connectivity index (χ3v) is 3.12. The van der Waals surface area contributed by atoms with Gasteiger partial charge in [-0.3, -0.25) is 4.79 Å². The Kier molecular flexibility index (Phi) is 3.25. The Hall–Kier alpha value is -1.35. The molecule has 16 heavy (non-hydrogen) atoms. The average Bonchev–Trinajstić information content (AvgIpc) is 2.75. The van der Waals surface area contributed by atoms with Crippen LogP contribution in [0.4, 0.5) is 0 Å². The van der Waals surface area contributed by atoms with Crippen molar-refractivity contribution in [2.24, 2.45) is 5.92 Å². The molecule has 3 nitrogen and oxygen atoms in total. The number of hydrogen-bond acceptors (Lipinski definition) is 3. The summed E-state index contributed by atoms with van der Waals surface area (Å²) in [5.41, 5.74) is 0.764. The van der Waals surface area contributed by atoms with E-state index in [4.69, 9.17) is 4.74 Å². The summed E-state index contributed by atoms with van der Waals surface area (Å²) in [6.45, 7) is 1.89. The van der Waals surface area contributed by atoms with Crippen molar-refractivity contribution in [2.75, 3.05) is 27.2 Å². The number of likely N-dealkylation sites (tertiary alicyclic amines) is 1. The monoisotopic (exact) mass is 219 g/mol. The summed E-state index contributed by atoms with van der Waals surface area (Å²) in [5, 5.41) is 0. The smallest absolute Gasteiger partial charge is 0.167 e. The number of methoxy groups -OCH3 is 1. The fourth-order valence-electron chi connectivity index (χ4n) is 2.16. The summed E-state index contributed by atoms with van der Waals surface area (Å²) in [5.74, 6) is 1.14. The number of hydrogen-bond donors (Lipinski definition) is 0. The Labute approximate surface area is 96.0 Å². The van der Waals surface area contributed by atoms with Gasteiger partial charge >= 0.3 is 0 Å². The second-order valence-electron chi connectivity index (χ2n) is 4.34. The van der Waals surface area contributed by atoms with Crippen LogP contribution in [0.1, 0.15) is 16.8 Å². The third-order valence-electron chi connectivity index (χ3n) is 3.12. The number of ketones is 1. The van der Waals surface area contributed by atoms with E-state index < -0.39 is 0 Å². The number of Topliss-reactive ketones (excluding diaryl/α,β-unsaturated/α-hetero) is 1. The molecular weight excluding hydrogens is 202 g/mol. The first-order valence-electron chi connectivity index (χ1n) is 5.57. The average molecular weight is 219 g/mol. The molecule has 0 amide bonds. The maximum absolute atomic E-state index is 12.2. The molecule has 1 fully saturated rings. The predicted octanol–water partition coefficient (Wildman–Crippen LogP) is 1.83. The highest BCUT2D eigenvalue weighted by Gasteiger charge is 2.26. The van der Waals surface area contributed by atoms with Crippen molar-refractivity contribution in [3.63, 3.8) is 0 Å². The molecule has 0 aromatic heterocycles. The number of nitrogens with zero attached hydrogens (tertiary/aromatic N) is 1. The molecule has 86 valence electrons. The van der Waals surface area contributed by atoms with Gasteiger partial charge in [0.1, 0.15) is 5.75 Å². The number of rotatable bonds is 3. The summed E-state index contributed by atoms with van der Waals surface area (Å²) in [4.78, 5) is 14.4. The molecule has 3 heteroatoms. The lowest BCUT2D eigenvalue weighted by Crippen LogP contribution is -2.19. The molecule has 0 unspecified atom stereocenters. The van der Waals surface area contributed by atoms with E-state index >= 15 is 0 Å². The molecular formula is C13H17NO2. The standard InChI is InChI=1S/C13H17NO2/c1-14-7-6-11(9-14)13(15)10-4-3-5-12(8-10)16-2/h3-5,8,11H,6-7,9H2,1-2H3/t11-/m0/s1. The zero-order valence-corrected chi connectivity index (χ0v) is 9.77. The van der Waals surface area contributed by atoms with Crippen LogP contribution < -0.4 is 4.74 Å². The van der Waals surface area contributed by atoms with Crippen LogP contribution in [0, 0.1) is 5.92 Å². The van der Waals surface area contributed by atoms with Crippen LogP contribution in [-0.4, -0.2) is 37.9 Å². The molecule has 1 aliphatic heterocycles. The summed E-state index contributed by atoms with van der Waals surface area (Å²) in [7, 11) is 3.67. The minimum absolute atomic E-state index is 0.150. The van der Waals surface area contributed by atoms with Gasteiger partial charge in [-0.25, -0.2) is 0 Å². The maximum atomic E-state index is 12.2. The fraction of sp³-hybridized carbons (Fsp3) is 0.462. The van der Waals surface area contributed by atoms with Gasteiger partial charge in [-0.15, -0.1) is 0 Å². The van der Waals surface area contributed by atoms with Crippen molar-refractivity contribution >= 4 is 5.78 Å². The van der Waals surface area contributed by atoms with Crippen LogP contribution in [0.25, 0.3) is 0 Å². The highest BCUT2D eigenvalue weighted by Crippen LogP contribution is 2.21. The van der Waals surface area contributed by atoms with Gasteiger partial charge in [-0.2, -0.15) is 0 Å². The Balaban J connectivity index is 2.14. The Bertz CT molecular complexity index is 389. The van der Waals surface area contributed by atoms with Crippen molar-refractivity contribution in [2.45, 2.75) is 6.42 Å². The molecule has 1 aromatic rings. The second-order valence-corrected chi connectivity index (χ2v) is 4.34. The van der Waals surface area contributed by atoms with Gasteiger partial charge in [0.25, 0.3) is 0 Å². The van der Waals surface area contributed by atoms with Crippen LogP contribution in [0.3, 0.4) is 0 Å². The zero-order chi connectivity index (χ0) is 11.5. The summed E-state index contributed by atoms with van der Waals surface area (Å²) in [6.07, 6.45) is 0.965. The Morgan fingerprint density at radius 2 is 2.31 bits per heavy atom. The molecule has 0 saturated carbocycles. The van der Waals surface area contributed by atoms with Crippen LogP contribution in [0.5, 0.6) is 5.75 Å². The minimum atomic E-state index is 0.150. The quantitative estimate of drug-likeness (QED) is 0.726. The maximum Gasteiger partial charge on any atom is 0.167 e. The lowest BCUT2D eigenvalue weighted by Gasteiger charge is -2.10. The van der Waals surface area contributed by atoms with Crippen LogP contribution in [-0.2, 0) is 0 Å². The van der Waals surface area contributed by atoms with Crippen molar-refractivity contribution in [3.8, 4) is 5.75 Å². The zero-order valence-electron chi connectivity index (χ0n) is 9.77. The molecule has 1 heterocycles. The number of carbonyl (C=O) groups is 1. The molecule has 0 aliphatic carbocycles. The first-order chi connectivity index (χ1) is 7.70. The van der Waals surface area contributed by atoms with Crippen molar-refractivity contribution < 1.29 is 9.53 Å². The highest BCUT2D eigenvalue weighted by atomic mass is 16.5. The van der Waals surface area contributed by atoms with Crippen LogP contribution in [0.2, 0.25) is 0 Å². The lowest BCUT2D eigenvalue weighted by molar-refractivity contribution is 0.0924. The summed E-state index contributed by atoms with van der Waals surface area (Å²) < 4.78 is 5.13. The molecule has 0 spiro atoms. The van der Waals surface area contributed by atoms with Crippen molar-refractivity contribution in [1.82, 2.24) is 4.90 Å². The van der Waals surface area contributed by atoms with E-state index in [1.54, 1.807) is 7.11 Å². The largest absolute Gasteiger partial charge is 0.497 e. The molecule has 1 saturated heterocycles. The Morgan fingerprint density at radius 3 is 2.94 bits per heavy atom. The molecule has 2 rings (SSSR count). The number of carbonyl (C=O) groups excluding carboxylic acids is 1. The van der Waals surface area contributed by atoms with Gasteiger partial charge < -0.3 is 9.64 Å². The first-order valence-corrected chi connectivity index (χ1v) is 5.57. The van der Waals surface area contributed by atoms with Gasteiger partial charge in [0, 0.05) is 18.0 Å². The molecule has 0 bridgehead atoms.